The highest BCUT2D eigenvalue weighted by Gasteiger charge is 2.53. The lowest BCUT2D eigenvalue weighted by atomic mass is 9.52. The maximum absolute atomic E-state index is 4.39. The molecule has 0 radical (unpaired) electrons. The molecule has 2 aromatic rings. The van der Waals surface area contributed by atoms with Gasteiger partial charge in [-0.05, 0) is 69.3 Å². The Hall–Kier alpha value is -1.26. The van der Waals surface area contributed by atoms with Crippen molar-refractivity contribution in [2.75, 3.05) is 13.6 Å². The van der Waals surface area contributed by atoms with Crippen LogP contribution in [-0.4, -0.2) is 34.7 Å². The molecule has 4 heteroatoms. The van der Waals surface area contributed by atoms with Crippen LogP contribution in [0.4, 0.5) is 0 Å². The maximum atomic E-state index is 4.39. The van der Waals surface area contributed by atoms with Gasteiger partial charge in [0.05, 0.1) is 0 Å². The van der Waals surface area contributed by atoms with Crippen molar-refractivity contribution in [3.05, 3.63) is 34.3 Å². The van der Waals surface area contributed by atoms with Crippen LogP contribution in [0.1, 0.15) is 48.2 Å². The van der Waals surface area contributed by atoms with E-state index in [0.717, 1.165) is 22.0 Å². The van der Waals surface area contributed by atoms with E-state index >= 15 is 0 Å². The normalized spacial score (nSPS) is 32.2. The van der Waals surface area contributed by atoms with Crippen LogP contribution >= 0.6 is 11.3 Å². The molecule has 0 spiro atoms. The number of likely N-dealkylation sites (tertiary alicyclic amines) is 1. The standard InChI is InChI=1S/C20H25N3S/c1-13-21-22-19(24-13)15-7-6-14-12-18-16-5-3-4-8-20(16,17(14)11-15)9-10-23(18)2/h6-7,11,16,18H,3-5,8-10,12H2,1-2H3/t16-,18+,20+/m1/s1. The second-order valence-corrected chi connectivity index (χ2v) is 9.19. The summed E-state index contributed by atoms with van der Waals surface area (Å²) in [5.41, 5.74) is 4.95. The number of aryl methyl sites for hydroxylation is 1. The predicted molar refractivity (Wildman–Crippen MR) is 98.5 cm³/mol. The molecule has 2 bridgehead atoms. The number of rotatable bonds is 1. The highest BCUT2D eigenvalue weighted by Crippen LogP contribution is 2.55. The van der Waals surface area contributed by atoms with Gasteiger partial charge in [-0.3, -0.25) is 0 Å². The van der Waals surface area contributed by atoms with Gasteiger partial charge in [0.15, 0.2) is 0 Å². The van der Waals surface area contributed by atoms with Gasteiger partial charge in [0.1, 0.15) is 10.0 Å². The van der Waals surface area contributed by atoms with E-state index in [1.165, 1.54) is 50.6 Å². The number of nitrogens with zero attached hydrogens (tertiary/aromatic N) is 3. The Kier molecular flexibility index (Phi) is 3.36. The molecule has 0 unspecified atom stereocenters. The molecule has 0 amide bonds. The third kappa shape index (κ3) is 2.05. The van der Waals surface area contributed by atoms with E-state index in [1.807, 2.05) is 6.92 Å². The number of benzene rings is 1. The smallest absolute Gasteiger partial charge is 0.147 e. The first-order valence-electron chi connectivity index (χ1n) is 9.31. The minimum atomic E-state index is 0.429. The maximum Gasteiger partial charge on any atom is 0.147 e. The number of fused-ring (bicyclic) bond motifs is 1. The molecule has 3 nitrogen and oxygen atoms in total. The summed E-state index contributed by atoms with van der Waals surface area (Å²) in [5, 5.41) is 10.7. The highest BCUT2D eigenvalue weighted by atomic mass is 32.1. The molecule has 2 heterocycles. The van der Waals surface area contributed by atoms with E-state index < -0.39 is 0 Å². The summed E-state index contributed by atoms with van der Waals surface area (Å²) in [7, 11) is 2.34. The summed E-state index contributed by atoms with van der Waals surface area (Å²) in [6.45, 7) is 3.29. The van der Waals surface area contributed by atoms with Crippen molar-refractivity contribution in [3.63, 3.8) is 0 Å². The minimum Gasteiger partial charge on any atom is -0.303 e. The molecule has 5 rings (SSSR count). The van der Waals surface area contributed by atoms with E-state index in [1.54, 1.807) is 22.5 Å². The number of hydrogen-bond donors (Lipinski definition) is 0. The topological polar surface area (TPSA) is 29.0 Å². The fraction of sp³-hybridized carbons (Fsp3) is 0.600. The van der Waals surface area contributed by atoms with Gasteiger partial charge in [0.25, 0.3) is 0 Å². The van der Waals surface area contributed by atoms with Crippen molar-refractivity contribution in [1.29, 1.82) is 0 Å². The van der Waals surface area contributed by atoms with Crippen LogP contribution < -0.4 is 0 Å². The molecular formula is C20H25N3S. The van der Waals surface area contributed by atoms with Gasteiger partial charge in [-0.25, -0.2) is 0 Å². The zero-order valence-corrected chi connectivity index (χ0v) is 15.4. The Bertz CT molecular complexity index is 783. The third-order valence-electron chi connectivity index (χ3n) is 6.89. The zero-order valence-electron chi connectivity index (χ0n) is 14.6. The van der Waals surface area contributed by atoms with Crippen LogP contribution in [0.5, 0.6) is 0 Å². The molecule has 3 aliphatic rings. The summed E-state index contributed by atoms with van der Waals surface area (Å²) in [6.07, 6.45) is 8.17. The summed E-state index contributed by atoms with van der Waals surface area (Å²) >= 11 is 1.71. The molecule has 1 saturated heterocycles. The first-order chi connectivity index (χ1) is 11.7. The third-order valence-corrected chi connectivity index (χ3v) is 7.78. The average Bonchev–Trinajstić information content (AvgIpc) is 3.04. The molecule has 0 N–H and O–H groups in total. The largest absolute Gasteiger partial charge is 0.303 e. The lowest BCUT2D eigenvalue weighted by molar-refractivity contribution is 0.00290. The lowest BCUT2D eigenvalue weighted by Crippen LogP contribution is -2.59. The molecule has 1 saturated carbocycles. The molecule has 1 aliphatic heterocycles. The summed E-state index contributed by atoms with van der Waals surface area (Å²) in [4.78, 5) is 2.64. The van der Waals surface area contributed by atoms with E-state index in [0.29, 0.717) is 5.41 Å². The Labute approximate surface area is 148 Å². The Balaban J connectivity index is 1.66. The fourth-order valence-electron chi connectivity index (χ4n) is 5.74. The Morgan fingerprint density at radius 1 is 1.21 bits per heavy atom. The molecule has 126 valence electrons. The number of aromatic nitrogens is 2. The molecular weight excluding hydrogens is 314 g/mol. The van der Waals surface area contributed by atoms with Crippen LogP contribution in [-0.2, 0) is 11.8 Å². The van der Waals surface area contributed by atoms with Gasteiger partial charge in [0.2, 0.25) is 0 Å². The van der Waals surface area contributed by atoms with E-state index in [-0.39, 0.29) is 0 Å². The second kappa shape index (κ2) is 5.37. The molecule has 2 fully saturated rings. The second-order valence-electron chi connectivity index (χ2n) is 8.01. The minimum absolute atomic E-state index is 0.429. The van der Waals surface area contributed by atoms with Crippen LogP contribution in [0, 0.1) is 12.8 Å². The predicted octanol–water partition coefficient (Wildman–Crippen LogP) is 4.20. The van der Waals surface area contributed by atoms with Crippen molar-refractivity contribution in [2.24, 2.45) is 5.92 Å². The van der Waals surface area contributed by atoms with Crippen molar-refractivity contribution in [1.82, 2.24) is 15.1 Å². The van der Waals surface area contributed by atoms with Gasteiger partial charge in [-0.1, -0.05) is 36.3 Å². The number of piperidine rings is 1. The van der Waals surface area contributed by atoms with E-state index in [9.17, 15) is 0 Å². The monoisotopic (exact) mass is 339 g/mol. The number of likely N-dealkylation sites (N-methyl/N-ethyl adjacent to an activating group) is 1. The van der Waals surface area contributed by atoms with Crippen molar-refractivity contribution >= 4 is 11.3 Å². The first kappa shape index (κ1) is 15.0. The molecule has 3 atom stereocenters. The van der Waals surface area contributed by atoms with Gasteiger partial charge in [0, 0.05) is 17.0 Å². The SMILES string of the molecule is Cc1nnc(-c2ccc3c(c2)[C@]24CCCC[C@@H]2[C@H](C3)N(C)CC4)s1. The van der Waals surface area contributed by atoms with Crippen molar-refractivity contribution in [2.45, 2.75) is 56.9 Å². The molecule has 2 aliphatic carbocycles. The lowest BCUT2D eigenvalue weighted by Gasteiger charge is -2.58. The summed E-state index contributed by atoms with van der Waals surface area (Å²) in [5.74, 6) is 0.851. The molecule has 1 aromatic carbocycles. The first-order valence-corrected chi connectivity index (χ1v) is 10.1. The quantitative estimate of drug-likeness (QED) is 0.779. The van der Waals surface area contributed by atoms with Crippen LogP contribution in [0.25, 0.3) is 10.6 Å². The average molecular weight is 340 g/mol. The zero-order chi connectivity index (χ0) is 16.3. The Morgan fingerprint density at radius 2 is 2.12 bits per heavy atom. The van der Waals surface area contributed by atoms with E-state index in [4.69, 9.17) is 0 Å². The van der Waals surface area contributed by atoms with Gasteiger partial charge >= 0.3 is 0 Å². The van der Waals surface area contributed by atoms with Crippen LogP contribution in [0.15, 0.2) is 18.2 Å². The van der Waals surface area contributed by atoms with Gasteiger partial charge in [-0.15, -0.1) is 10.2 Å². The van der Waals surface area contributed by atoms with Crippen molar-refractivity contribution in [3.8, 4) is 10.6 Å². The van der Waals surface area contributed by atoms with Gasteiger partial charge < -0.3 is 4.90 Å². The summed E-state index contributed by atoms with van der Waals surface area (Å²) in [6, 6.07) is 7.89. The highest BCUT2D eigenvalue weighted by molar-refractivity contribution is 7.14. The van der Waals surface area contributed by atoms with Crippen molar-refractivity contribution < 1.29 is 0 Å². The number of hydrogen-bond acceptors (Lipinski definition) is 4. The van der Waals surface area contributed by atoms with Crippen LogP contribution in [0.3, 0.4) is 0 Å². The van der Waals surface area contributed by atoms with E-state index in [2.05, 4.69) is 40.3 Å². The molecule has 1 aromatic heterocycles. The molecule has 24 heavy (non-hydrogen) atoms. The fourth-order valence-corrected chi connectivity index (χ4v) is 6.43. The van der Waals surface area contributed by atoms with Gasteiger partial charge in [-0.2, -0.15) is 0 Å². The Morgan fingerprint density at radius 3 is 2.96 bits per heavy atom. The summed E-state index contributed by atoms with van der Waals surface area (Å²) < 4.78 is 0. The van der Waals surface area contributed by atoms with Crippen LogP contribution in [0.2, 0.25) is 0 Å².